The summed E-state index contributed by atoms with van der Waals surface area (Å²) in [5, 5.41) is 20.4. The Morgan fingerprint density at radius 3 is 2.93 bits per heavy atom. The molecule has 1 rings (SSSR count). The molecule has 0 fully saturated rings. The summed E-state index contributed by atoms with van der Waals surface area (Å²) >= 11 is 0. The second kappa shape index (κ2) is 5.31. The molecule has 0 aliphatic rings. The van der Waals surface area contributed by atoms with Crippen molar-refractivity contribution in [2.24, 2.45) is 0 Å². The molecule has 0 amide bonds. The van der Waals surface area contributed by atoms with E-state index in [9.17, 15) is 4.79 Å². The summed E-state index contributed by atoms with van der Waals surface area (Å²) in [6.07, 6.45) is 0.596. The molecule has 0 spiro atoms. The van der Waals surface area contributed by atoms with E-state index < -0.39 is 5.97 Å². The maximum atomic E-state index is 10.6. The van der Waals surface area contributed by atoms with E-state index in [0.29, 0.717) is 12.2 Å². The lowest BCUT2D eigenvalue weighted by molar-refractivity contribution is 0.0690. The Bertz CT molecular complexity index is 341. The van der Waals surface area contributed by atoms with Crippen molar-refractivity contribution in [2.45, 2.75) is 19.4 Å². The Balaban J connectivity index is 2.69. The smallest absolute Gasteiger partial charge is 0.354 e. The van der Waals surface area contributed by atoms with Crippen LogP contribution in [0, 0.1) is 0 Å². The highest BCUT2D eigenvalue weighted by Crippen LogP contribution is 2.07. The number of nitrogens with one attached hydrogen (secondary N) is 1. The summed E-state index contributed by atoms with van der Waals surface area (Å²) in [4.78, 5) is 14.5. The van der Waals surface area contributed by atoms with E-state index in [4.69, 9.17) is 10.2 Å². The number of hydrogen-bond acceptors (Lipinski definition) is 4. The second-order valence-corrected chi connectivity index (χ2v) is 3.27. The molecule has 82 valence electrons. The first kappa shape index (κ1) is 11.5. The summed E-state index contributed by atoms with van der Waals surface area (Å²) < 4.78 is 0. The Labute approximate surface area is 87.8 Å². The van der Waals surface area contributed by atoms with Gasteiger partial charge in [0.1, 0.15) is 5.82 Å². The van der Waals surface area contributed by atoms with E-state index >= 15 is 0 Å². The topological polar surface area (TPSA) is 82.5 Å². The van der Waals surface area contributed by atoms with Crippen LogP contribution in [0.4, 0.5) is 5.82 Å². The number of anilines is 1. The number of pyridine rings is 1. The zero-order chi connectivity index (χ0) is 11.3. The molecule has 5 nitrogen and oxygen atoms in total. The van der Waals surface area contributed by atoms with Crippen LogP contribution in [0.1, 0.15) is 23.8 Å². The Kier molecular flexibility index (Phi) is 4.05. The largest absolute Gasteiger partial charge is 0.477 e. The number of carbonyl (C=O) groups is 1. The number of carboxylic acids is 1. The molecule has 0 saturated carbocycles. The number of nitrogens with zero attached hydrogens (tertiary/aromatic N) is 1. The van der Waals surface area contributed by atoms with E-state index in [1.54, 1.807) is 12.1 Å². The van der Waals surface area contributed by atoms with Crippen molar-refractivity contribution in [3.63, 3.8) is 0 Å². The van der Waals surface area contributed by atoms with Crippen LogP contribution in [0.15, 0.2) is 18.2 Å². The Hall–Kier alpha value is -1.62. The van der Waals surface area contributed by atoms with Gasteiger partial charge in [-0.1, -0.05) is 6.07 Å². The lowest BCUT2D eigenvalue weighted by Gasteiger charge is -2.12. The Morgan fingerprint density at radius 2 is 2.33 bits per heavy atom. The van der Waals surface area contributed by atoms with Gasteiger partial charge in [0.15, 0.2) is 5.69 Å². The molecular weight excluding hydrogens is 196 g/mol. The van der Waals surface area contributed by atoms with E-state index in [0.717, 1.165) is 0 Å². The molecule has 0 radical (unpaired) electrons. The molecule has 1 aromatic rings. The third-order valence-corrected chi connectivity index (χ3v) is 1.92. The number of aromatic carboxylic acids is 1. The zero-order valence-electron chi connectivity index (χ0n) is 8.47. The average Bonchev–Trinajstić information content (AvgIpc) is 2.18. The van der Waals surface area contributed by atoms with Gasteiger partial charge in [-0.2, -0.15) is 0 Å². The van der Waals surface area contributed by atoms with E-state index in [1.165, 1.54) is 6.07 Å². The third-order valence-electron chi connectivity index (χ3n) is 1.92. The molecule has 0 aromatic carbocycles. The highest BCUT2D eigenvalue weighted by Gasteiger charge is 2.06. The van der Waals surface area contributed by atoms with Gasteiger partial charge < -0.3 is 15.5 Å². The van der Waals surface area contributed by atoms with E-state index in [1.807, 2.05) is 6.92 Å². The van der Waals surface area contributed by atoms with Crippen molar-refractivity contribution in [3.8, 4) is 0 Å². The molecule has 15 heavy (non-hydrogen) atoms. The summed E-state index contributed by atoms with van der Waals surface area (Å²) in [6, 6.07) is 4.82. The van der Waals surface area contributed by atoms with Crippen LogP contribution < -0.4 is 5.32 Å². The minimum absolute atomic E-state index is 0.0104. The zero-order valence-corrected chi connectivity index (χ0v) is 8.47. The van der Waals surface area contributed by atoms with Gasteiger partial charge in [-0.15, -0.1) is 0 Å². The molecule has 1 atom stereocenters. The van der Waals surface area contributed by atoms with Crippen LogP contribution in [-0.2, 0) is 0 Å². The number of carboxylic acid groups (broad SMARTS) is 1. The predicted octanol–water partition coefficient (Wildman–Crippen LogP) is 0.963. The number of hydrogen-bond donors (Lipinski definition) is 3. The number of rotatable bonds is 5. The van der Waals surface area contributed by atoms with E-state index in [2.05, 4.69) is 10.3 Å². The fraction of sp³-hybridized carbons (Fsp3) is 0.400. The molecule has 0 aliphatic carbocycles. The first-order valence-corrected chi connectivity index (χ1v) is 4.71. The Morgan fingerprint density at radius 1 is 1.60 bits per heavy atom. The summed E-state index contributed by atoms with van der Waals surface area (Å²) in [7, 11) is 0. The molecular formula is C10H14N2O3. The summed E-state index contributed by atoms with van der Waals surface area (Å²) in [5.41, 5.74) is 0.0104. The van der Waals surface area contributed by atoms with Crippen molar-refractivity contribution >= 4 is 11.8 Å². The maximum absolute atomic E-state index is 10.6. The molecule has 1 heterocycles. The minimum atomic E-state index is -1.05. The fourth-order valence-corrected chi connectivity index (χ4v) is 1.15. The fourth-order valence-electron chi connectivity index (χ4n) is 1.15. The number of aliphatic hydroxyl groups excluding tert-OH is 1. The van der Waals surface area contributed by atoms with Crippen LogP contribution in [0.25, 0.3) is 0 Å². The van der Waals surface area contributed by atoms with Gasteiger partial charge in [-0.05, 0) is 25.5 Å². The maximum Gasteiger partial charge on any atom is 0.354 e. The average molecular weight is 210 g/mol. The van der Waals surface area contributed by atoms with Gasteiger partial charge in [0.2, 0.25) is 0 Å². The van der Waals surface area contributed by atoms with Gasteiger partial charge in [0, 0.05) is 12.6 Å². The van der Waals surface area contributed by atoms with E-state index in [-0.39, 0.29) is 18.3 Å². The van der Waals surface area contributed by atoms with Gasteiger partial charge in [0.25, 0.3) is 0 Å². The molecule has 0 aliphatic heterocycles. The molecule has 1 unspecified atom stereocenters. The van der Waals surface area contributed by atoms with Crippen LogP contribution >= 0.6 is 0 Å². The predicted molar refractivity (Wildman–Crippen MR) is 56.0 cm³/mol. The van der Waals surface area contributed by atoms with Crippen LogP contribution in [0.5, 0.6) is 0 Å². The van der Waals surface area contributed by atoms with Crippen molar-refractivity contribution in [1.29, 1.82) is 0 Å². The highest BCUT2D eigenvalue weighted by molar-refractivity contribution is 5.85. The quantitative estimate of drug-likeness (QED) is 0.674. The van der Waals surface area contributed by atoms with Gasteiger partial charge in [-0.3, -0.25) is 0 Å². The van der Waals surface area contributed by atoms with Gasteiger partial charge in [-0.25, -0.2) is 9.78 Å². The third kappa shape index (κ3) is 3.55. The minimum Gasteiger partial charge on any atom is -0.477 e. The standard InChI is InChI=1S/C10H14N2O3/c1-7(5-6-13)11-9-4-2-3-8(12-9)10(14)15/h2-4,7,13H,5-6H2,1H3,(H,11,12)(H,14,15). The SMILES string of the molecule is CC(CCO)Nc1cccc(C(=O)O)n1. The number of aliphatic hydroxyl groups is 1. The van der Waals surface area contributed by atoms with Crippen molar-refractivity contribution in [3.05, 3.63) is 23.9 Å². The van der Waals surface area contributed by atoms with Crippen molar-refractivity contribution in [1.82, 2.24) is 4.98 Å². The van der Waals surface area contributed by atoms with Gasteiger partial charge >= 0.3 is 5.97 Å². The highest BCUT2D eigenvalue weighted by atomic mass is 16.4. The molecule has 5 heteroatoms. The second-order valence-electron chi connectivity index (χ2n) is 3.27. The van der Waals surface area contributed by atoms with Crippen LogP contribution in [-0.4, -0.2) is 33.8 Å². The van der Waals surface area contributed by atoms with Crippen molar-refractivity contribution in [2.75, 3.05) is 11.9 Å². The normalized spacial score (nSPS) is 12.1. The molecule has 1 aromatic heterocycles. The first-order valence-electron chi connectivity index (χ1n) is 4.71. The van der Waals surface area contributed by atoms with Crippen LogP contribution in [0.2, 0.25) is 0 Å². The first-order chi connectivity index (χ1) is 7.13. The van der Waals surface area contributed by atoms with Crippen LogP contribution in [0.3, 0.4) is 0 Å². The summed E-state index contributed by atoms with van der Waals surface area (Å²) in [5.74, 6) is -0.538. The molecule has 3 N–H and O–H groups in total. The molecule has 0 bridgehead atoms. The monoisotopic (exact) mass is 210 g/mol. The van der Waals surface area contributed by atoms with Crippen molar-refractivity contribution < 1.29 is 15.0 Å². The summed E-state index contributed by atoms with van der Waals surface area (Å²) in [6.45, 7) is 1.98. The van der Waals surface area contributed by atoms with Gasteiger partial charge in [0.05, 0.1) is 0 Å². The number of aromatic nitrogens is 1. The lowest BCUT2D eigenvalue weighted by atomic mass is 10.2. The molecule has 0 saturated heterocycles. The lowest BCUT2D eigenvalue weighted by Crippen LogP contribution is -2.18.